The Kier molecular flexibility index (Phi) is 4.75. The predicted octanol–water partition coefficient (Wildman–Crippen LogP) is 3.08. The second-order valence-electron chi connectivity index (χ2n) is 5.07. The van der Waals surface area contributed by atoms with E-state index >= 15 is 0 Å². The Balaban J connectivity index is 2.00. The summed E-state index contributed by atoms with van der Waals surface area (Å²) in [7, 11) is -3.16. The maximum Gasteiger partial charge on any atom is 0.175 e. The van der Waals surface area contributed by atoms with Crippen LogP contribution in [0.4, 0.5) is 4.39 Å². The number of nitrogens with one attached hydrogen (secondary N) is 1. The minimum absolute atomic E-state index is 0.0728. The van der Waals surface area contributed by atoms with Crippen molar-refractivity contribution in [1.29, 1.82) is 0 Å². The molecule has 0 aliphatic carbocycles. The topological polar surface area (TPSA) is 46.2 Å². The Morgan fingerprint density at radius 1 is 1.05 bits per heavy atom. The lowest BCUT2D eigenvalue weighted by atomic mass is 10.1. The van der Waals surface area contributed by atoms with Crippen molar-refractivity contribution in [2.75, 3.05) is 6.26 Å². The quantitative estimate of drug-likeness (QED) is 0.923. The fourth-order valence-corrected chi connectivity index (χ4v) is 2.63. The third-order valence-electron chi connectivity index (χ3n) is 3.33. The Morgan fingerprint density at radius 2 is 1.62 bits per heavy atom. The number of halogens is 1. The molecule has 0 saturated heterocycles. The van der Waals surface area contributed by atoms with E-state index in [2.05, 4.69) is 5.32 Å². The highest BCUT2D eigenvalue weighted by Crippen LogP contribution is 2.16. The Labute approximate surface area is 124 Å². The minimum atomic E-state index is -3.16. The van der Waals surface area contributed by atoms with Crippen molar-refractivity contribution in [3.8, 4) is 0 Å². The largest absolute Gasteiger partial charge is 0.306 e. The van der Waals surface area contributed by atoms with Crippen LogP contribution < -0.4 is 5.32 Å². The van der Waals surface area contributed by atoms with Crippen LogP contribution in [0.25, 0.3) is 0 Å². The monoisotopic (exact) mass is 307 g/mol. The first-order chi connectivity index (χ1) is 9.86. The van der Waals surface area contributed by atoms with Crippen molar-refractivity contribution in [1.82, 2.24) is 5.32 Å². The van der Waals surface area contributed by atoms with Gasteiger partial charge in [-0.1, -0.05) is 24.3 Å². The van der Waals surface area contributed by atoms with Crippen LogP contribution in [0.2, 0.25) is 0 Å². The van der Waals surface area contributed by atoms with Crippen molar-refractivity contribution in [2.45, 2.75) is 24.4 Å². The van der Waals surface area contributed by atoms with E-state index in [-0.39, 0.29) is 11.9 Å². The molecule has 2 aromatic rings. The highest BCUT2D eigenvalue weighted by molar-refractivity contribution is 7.90. The van der Waals surface area contributed by atoms with Gasteiger partial charge in [0.1, 0.15) is 5.82 Å². The molecule has 5 heteroatoms. The van der Waals surface area contributed by atoms with Gasteiger partial charge >= 0.3 is 0 Å². The Bertz CT molecular complexity index is 694. The third kappa shape index (κ3) is 4.37. The van der Waals surface area contributed by atoms with Gasteiger partial charge in [0.2, 0.25) is 0 Å². The SMILES string of the molecule is C[C@@H](NCc1ccc(F)cc1)c1ccc(S(C)(=O)=O)cc1. The second kappa shape index (κ2) is 6.37. The first-order valence-corrected chi connectivity index (χ1v) is 8.53. The molecule has 1 N–H and O–H groups in total. The van der Waals surface area contributed by atoms with Crippen LogP contribution in [-0.4, -0.2) is 14.7 Å². The van der Waals surface area contributed by atoms with Gasteiger partial charge < -0.3 is 5.32 Å². The molecule has 0 aromatic heterocycles. The maximum atomic E-state index is 12.8. The molecule has 2 aromatic carbocycles. The van der Waals surface area contributed by atoms with E-state index in [0.29, 0.717) is 11.4 Å². The average Bonchev–Trinajstić information content (AvgIpc) is 2.45. The van der Waals surface area contributed by atoms with Crippen molar-refractivity contribution >= 4 is 9.84 Å². The van der Waals surface area contributed by atoms with Gasteiger partial charge in [-0.3, -0.25) is 0 Å². The molecule has 0 aliphatic heterocycles. The molecule has 0 amide bonds. The normalized spacial score (nSPS) is 13.1. The van der Waals surface area contributed by atoms with Crippen molar-refractivity contribution < 1.29 is 12.8 Å². The zero-order chi connectivity index (χ0) is 15.5. The summed E-state index contributed by atoms with van der Waals surface area (Å²) in [6.45, 7) is 2.62. The van der Waals surface area contributed by atoms with Crippen LogP contribution >= 0.6 is 0 Å². The Hall–Kier alpha value is -1.72. The molecule has 21 heavy (non-hydrogen) atoms. The first-order valence-electron chi connectivity index (χ1n) is 6.64. The van der Waals surface area contributed by atoms with Crippen molar-refractivity contribution in [3.05, 3.63) is 65.5 Å². The molecule has 0 unspecified atom stereocenters. The molecule has 0 spiro atoms. The van der Waals surface area contributed by atoms with Crippen molar-refractivity contribution in [3.63, 3.8) is 0 Å². The molecule has 0 bridgehead atoms. The van der Waals surface area contributed by atoms with Gasteiger partial charge in [0.25, 0.3) is 0 Å². The molecule has 0 saturated carbocycles. The summed E-state index contributed by atoms with van der Waals surface area (Å²) in [5.41, 5.74) is 2.00. The van der Waals surface area contributed by atoms with E-state index in [9.17, 15) is 12.8 Å². The van der Waals surface area contributed by atoms with Gasteiger partial charge in [-0.2, -0.15) is 0 Å². The van der Waals surface area contributed by atoms with E-state index in [1.54, 1.807) is 36.4 Å². The molecule has 0 fully saturated rings. The lowest BCUT2D eigenvalue weighted by Crippen LogP contribution is -2.18. The number of sulfone groups is 1. The Morgan fingerprint density at radius 3 is 2.14 bits per heavy atom. The van der Waals surface area contributed by atoms with Crippen LogP contribution in [0, 0.1) is 5.82 Å². The standard InChI is InChI=1S/C16H18FNO2S/c1-12(18-11-13-3-7-15(17)8-4-13)14-5-9-16(10-6-14)21(2,19)20/h3-10,12,18H,11H2,1-2H3/t12-/m1/s1. The third-order valence-corrected chi connectivity index (χ3v) is 4.46. The molecule has 0 heterocycles. The molecular formula is C16H18FNO2S. The molecule has 2 rings (SSSR count). The first kappa shape index (κ1) is 15.7. The zero-order valence-electron chi connectivity index (χ0n) is 12.0. The van der Waals surface area contributed by atoms with E-state index < -0.39 is 9.84 Å². The highest BCUT2D eigenvalue weighted by atomic mass is 32.2. The molecule has 0 radical (unpaired) electrons. The van der Waals surface area contributed by atoms with E-state index in [0.717, 1.165) is 11.1 Å². The van der Waals surface area contributed by atoms with Crippen LogP contribution in [0.3, 0.4) is 0 Å². The molecule has 112 valence electrons. The molecule has 0 aliphatic rings. The lowest BCUT2D eigenvalue weighted by Gasteiger charge is -2.14. The fourth-order valence-electron chi connectivity index (χ4n) is 1.99. The van der Waals surface area contributed by atoms with Gasteiger partial charge in [-0.05, 0) is 42.3 Å². The van der Waals surface area contributed by atoms with Gasteiger partial charge in [0.05, 0.1) is 4.90 Å². The summed E-state index contributed by atoms with van der Waals surface area (Å²) in [4.78, 5) is 0.317. The van der Waals surface area contributed by atoms with E-state index in [1.807, 2.05) is 6.92 Å². The van der Waals surface area contributed by atoms with Gasteiger partial charge in [-0.15, -0.1) is 0 Å². The summed E-state index contributed by atoms with van der Waals surface area (Å²) in [6, 6.07) is 13.2. The number of hydrogen-bond acceptors (Lipinski definition) is 3. The summed E-state index contributed by atoms with van der Waals surface area (Å²) in [5, 5.41) is 3.32. The smallest absolute Gasteiger partial charge is 0.175 e. The number of hydrogen-bond donors (Lipinski definition) is 1. The highest BCUT2D eigenvalue weighted by Gasteiger charge is 2.09. The van der Waals surface area contributed by atoms with Crippen LogP contribution in [0.1, 0.15) is 24.1 Å². The molecular weight excluding hydrogens is 289 g/mol. The summed E-state index contributed by atoms with van der Waals surface area (Å²) in [6.07, 6.45) is 1.19. The summed E-state index contributed by atoms with van der Waals surface area (Å²) >= 11 is 0. The van der Waals surface area contributed by atoms with Crippen LogP contribution in [-0.2, 0) is 16.4 Å². The van der Waals surface area contributed by atoms with Crippen molar-refractivity contribution in [2.24, 2.45) is 0 Å². The summed E-state index contributed by atoms with van der Waals surface area (Å²) < 4.78 is 35.6. The van der Waals surface area contributed by atoms with E-state index in [4.69, 9.17) is 0 Å². The fraction of sp³-hybridized carbons (Fsp3) is 0.250. The molecule has 3 nitrogen and oxygen atoms in total. The van der Waals surface area contributed by atoms with Gasteiger partial charge in [-0.25, -0.2) is 12.8 Å². The average molecular weight is 307 g/mol. The number of benzene rings is 2. The van der Waals surface area contributed by atoms with Crippen LogP contribution in [0.5, 0.6) is 0 Å². The van der Waals surface area contributed by atoms with Gasteiger partial charge in [0.15, 0.2) is 9.84 Å². The van der Waals surface area contributed by atoms with Crippen LogP contribution in [0.15, 0.2) is 53.4 Å². The van der Waals surface area contributed by atoms with Gasteiger partial charge in [0, 0.05) is 18.8 Å². The molecule has 1 atom stereocenters. The second-order valence-corrected chi connectivity index (χ2v) is 7.09. The van der Waals surface area contributed by atoms with E-state index in [1.165, 1.54) is 18.4 Å². The lowest BCUT2D eigenvalue weighted by molar-refractivity contribution is 0.572. The number of rotatable bonds is 5. The maximum absolute atomic E-state index is 12.8. The predicted molar refractivity (Wildman–Crippen MR) is 81.2 cm³/mol. The zero-order valence-corrected chi connectivity index (χ0v) is 12.8. The summed E-state index contributed by atoms with van der Waals surface area (Å²) in [5.74, 6) is -0.247. The minimum Gasteiger partial charge on any atom is -0.306 e.